The van der Waals surface area contributed by atoms with E-state index < -0.39 is 5.82 Å². The standard InChI is InChI=1S/C16H18FN3O2S/c1-3-4-11-8-14(21)20-16(18-11)23-9-15(22)19-13-6-5-10(2)7-12(13)17/h5-8H,3-4,9H2,1-2H3,(H,19,22)(H,18,20,21). The maximum Gasteiger partial charge on any atom is 0.251 e. The molecule has 1 aromatic heterocycles. The summed E-state index contributed by atoms with van der Waals surface area (Å²) >= 11 is 1.11. The highest BCUT2D eigenvalue weighted by molar-refractivity contribution is 7.99. The molecule has 0 bridgehead atoms. The van der Waals surface area contributed by atoms with Crippen molar-refractivity contribution in [2.45, 2.75) is 31.8 Å². The summed E-state index contributed by atoms with van der Waals surface area (Å²) in [4.78, 5) is 30.3. The minimum atomic E-state index is -0.472. The minimum absolute atomic E-state index is 0.0336. The van der Waals surface area contributed by atoms with Gasteiger partial charge in [-0.2, -0.15) is 0 Å². The van der Waals surface area contributed by atoms with Gasteiger partial charge in [-0.15, -0.1) is 0 Å². The van der Waals surface area contributed by atoms with Crippen LogP contribution < -0.4 is 10.9 Å². The van der Waals surface area contributed by atoms with Gasteiger partial charge in [0, 0.05) is 11.8 Å². The molecule has 0 fully saturated rings. The number of carbonyl (C=O) groups is 1. The number of H-pyrrole nitrogens is 1. The lowest BCUT2D eigenvalue weighted by Gasteiger charge is -2.07. The van der Waals surface area contributed by atoms with Crippen LogP contribution in [0.1, 0.15) is 24.6 Å². The zero-order valence-corrected chi connectivity index (χ0v) is 13.8. The molecule has 0 spiro atoms. The first kappa shape index (κ1) is 17.2. The van der Waals surface area contributed by atoms with Crippen molar-refractivity contribution < 1.29 is 9.18 Å². The van der Waals surface area contributed by atoms with Crippen molar-refractivity contribution in [1.82, 2.24) is 9.97 Å². The summed E-state index contributed by atoms with van der Waals surface area (Å²) in [5.41, 5.74) is 1.38. The van der Waals surface area contributed by atoms with Gasteiger partial charge in [-0.05, 0) is 31.0 Å². The summed E-state index contributed by atoms with van der Waals surface area (Å²) in [6.45, 7) is 3.77. The number of nitrogens with zero attached hydrogens (tertiary/aromatic N) is 1. The quantitative estimate of drug-likeness (QED) is 0.629. The van der Waals surface area contributed by atoms with Gasteiger partial charge in [-0.3, -0.25) is 9.59 Å². The van der Waals surface area contributed by atoms with Crippen LogP contribution in [0.25, 0.3) is 0 Å². The molecule has 0 aliphatic heterocycles. The Morgan fingerprint density at radius 2 is 2.17 bits per heavy atom. The number of aromatic amines is 1. The van der Waals surface area contributed by atoms with Crippen LogP contribution in [0.5, 0.6) is 0 Å². The summed E-state index contributed by atoms with van der Waals surface area (Å²) in [5.74, 6) is -0.799. The monoisotopic (exact) mass is 335 g/mol. The smallest absolute Gasteiger partial charge is 0.251 e. The highest BCUT2D eigenvalue weighted by atomic mass is 32.2. The summed E-state index contributed by atoms with van der Waals surface area (Å²) < 4.78 is 13.7. The van der Waals surface area contributed by atoms with Gasteiger partial charge in [0.1, 0.15) is 5.82 Å². The molecular formula is C16H18FN3O2S. The molecule has 122 valence electrons. The van der Waals surface area contributed by atoms with E-state index in [0.717, 1.165) is 23.7 Å². The lowest BCUT2D eigenvalue weighted by Crippen LogP contribution is -2.16. The van der Waals surface area contributed by atoms with Crippen LogP contribution in [0.3, 0.4) is 0 Å². The van der Waals surface area contributed by atoms with Gasteiger partial charge < -0.3 is 10.3 Å². The summed E-state index contributed by atoms with van der Waals surface area (Å²) in [6.07, 6.45) is 1.59. The molecule has 0 atom stereocenters. The zero-order valence-electron chi connectivity index (χ0n) is 13.0. The maximum absolute atomic E-state index is 13.7. The van der Waals surface area contributed by atoms with E-state index in [1.54, 1.807) is 13.0 Å². The molecule has 0 aliphatic carbocycles. The Hall–Kier alpha value is -2.15. The summed E-state index contributed by atoms with van der Waals surface area (Å²) in [6, 6.07) is 6.06. The Morgan fingerprint density at radius 3 is 2.87 bits per heavy atom. The number of aromatic nitrogens is 2. The largest absolute Gasteiger partial charge is 0.323 e. The number of nitrogens with one attached hydrogen (secondary N) is 2. The van der Waals surface area contributed by atoms with Crippen molar-refractivity contribution in [2.75, 3.05) is 11.1 Å². The Balaban J connectivity index is 1.97. The fourth-order valence-electron chi connectivity index (χ4n) is 1.98. The van der Waals surface area contributed by atoms with E-state index in [4.69, 9.17) is 0 Å². The van der Waals surface area contributed by atoms with Crippen LogP contribution >= 0.6 is 11.8 Å². The molecule has 1 amide bonds. The molecule has 2 N–H and O–H groups in total. The molecule has 0 radical (unpaired) electrons. The Morgan fingerprint density at radius 1 is 1.39 bits per heavy atom. The number of anilines is 1. The van der Waals surface area contributed by atoms with Gasteiger partial charge in [0.15, 0.2) is 5.16 Å². The predicted molar refractivity (Wildman–Crippen MR) is 89.3 cm³/mol. The van der Waals surface area contributed by atoms with Gasteiger partial charge >= 0.3 is 0 Å². The van der Waals surface area contributed by atoms with E-state index >= 15 is 0 Å². The van der Waals surface area contributed by atoms with Gasteiger partial charge in [0.2, 0.25) is 5.91 Å². The van der Waals surface area contributed by atoms with Crippen LogP contribution in [0.15, 0.2) is 34.2 Å². The number of carbonyl (C=O) groups excluding carboxylic acids is 1. The molecular weight excluding hydrogens is 317 g/mol. The first-order chi connectivity index (χ1) is 11.0. The molecule has 0 aliphatic rings. The second-order valence-electron chi connectivity index (χ2n) is 5.11. The third-order valence-electron chi connectivity index (χ3n) is 3.02. The molecule has 2 aromatic rings. The van der Waals surface area contributed by atoms with Crippen LogP contribution in [-0.2, 0) is 11.2 Å². The fraction of sp³-hybridized carbons (Fsp3) is 0.312. The van der Waals surface area contributed by atoms with Crippen molar-refractivity contribution in [3.8, 4) is 0 Å². The molecule has 1 aromatic carbocycles. The highest BCUT2D eigenvalue weighted by Gasteiger charge is 2.09. The normalized spacial score (nSPS) is 10.6. The second kappa shape index (κ2) is 7.92. The maximum atomic E-state index is 13.7. The predicted octanol–water partition coefficient (Wildman–Crippen LogP) is 2.90. The third kappa shape index (κ3) is 5.21. The van der Waals surface area contributed by atoms with Crippen molar-refractivity contribution >= 4 is 23.4 Å². The Kier molecular flexibility index (Phi) is 5.92. The van der Waals surface area contributed by atoms with Gasteiger partial charge in [0.25, 0.3) is 5.56 Å². The number of halogens is 1. The molecule has 7 heteroatoms. The number of rotatable bonds is 6. The number of thioether (sulfide) groups is 1. The SMILES string of the molecule is CCCc1cc(=O)[nH]c(SCC(=O)Nc2ccc(C)cc2F)n1. The third-order valence-corrected chi connectivity index (χ3v) is 3.89. The minimum Gasteiger partial charge on any atom is -0.323 e. The lowest BCUT2D eigenvalue weighted by atomic mass is 10.2. The van der Waals surface area contributed by atoms with Crippen LogP contribution in [0.2, 0.25) is 0 Å². The van der Waals surface area contributed by atoms with E-state index in [9.17, 15) is 14.0 Å². The van der Waals surface area contributed by atoms with Crippen LogP contribution in [-0.4, -0.2) is 21.6 Å². The number of aryl methyl sites for hydroxylation is 2. The molecule has 1 heterocycles. The van der Waals surface area contributed by atoms with Crippen LogP contribution in [0.4, 0.5) is 10.1 Å². The molecule has 0 saturated heterocycles. The van der Waals surface area contributed by atoms with Crippen LogP contribution in [0, 0.1) is 12.7 Å². The molecule has 0 unspecified atom stereocenters. The Labute approximate surface area is 137 Å². The molecule has 23 heavy (non-hydrogen) atoms. The van der Waals surface area contributed by atoms with E-state index in [-0.39, 0.29) is 22.9 Å². The molecule has 2 rings (SSSR count). The van der Waals surface area contributed by atoms with Crippen molar-refractivity contribution in [1.29, 1.82) is 0 Å². The van der Waals surface area contributed by atoms with E-state index in [0.29, 0.717) is 17.3 Å². The number of hydrogen-bond acceptors (Lipinski definition) is 4. The topological polar surface area (TPSA) is 74.8 Å². The van der Waals surface area contributed by atoms with Gasteiger partial charge in [0.05, 0.1) is 11.4 Å². The summed E-state index contributed by atoms with van der Waals surface area (Å²) in [7, 11) is 0. The second-order valence-corrected chi connectivity index (χ2v) is 6.08. The van der Waals surface area contributed by atoms with E-state index in [1.807, 2.05) is 6.92 Å². The van der Waals surface area contributed by atoms with Gasteiger partial charge in [-0.25, -0.2) is 9.37 Å². The van der Waals surface area contributed by atoms with Crippen molar-refractivity contribution in [2.24, 2.45) is 0 Å². The highest BCUT2D eigenvalue weighted by Crippen LogP contribution is 2.17. The average molecular weight is 335 g/mol. The van der Waals surface area contributed by atoms with Crippen molar-refractivity contribution in [3.63, 3.8) is 0 Å². The van der Waals surface area contributed by atoms with Crippen molar-refractivity contribution in [3.05, 3.63) is 51.7 Å². The first-order valence-corrected chi connectivity index (χ1v) is 8.25. The Bertz CT molecular complexity index is 761. The number of benzene rings is 1. The molecule has 0 saturated carbocycles. The zero-order chi connectivity index (χ0) is 16.8. The molecule has 5 nitrogen and oxygen atoms in total. The number of hydrogen-bond donors (Lipinski definition) is 2. The first-order valence-electron chi connectivity index (χ1n) is 7.27. The van der Waals surface area contributed by atoms with Gasteiger partial charge in [-0.1, -0.05) is 31.2 Å². The summed E-state index contributed by atoms with van der Waals surface area (Å²) in [5, 5.41) is 2.90. The lowest BCUT2D eigenvalue weighted by molar-refractivity contribution is -0.113. The van der Waals surface area contributed by atoms with E-state index in [1.165, 1.54) is 18.2 Å². The average Bonchev–Trinajstić information content (AvgIpc) is 2.48. The van der Waals surface area contributed by atoms with E-state index in [2.05, 4.69) is 15.3 Å². The number of amides is 1. The fourth-order valence-corrected chi connectivity index (χ4v) is 2.67.